The van der Waals surface area contributed by atoms with Crippen molar-refractivity contribution >= 4 is 146 Å². The van der Waals surface area contributed by atoms with E-state index in [0.29, 0.717) is 81.2 Å². The molecule has 0 spiro atoms. The molecule has 0 aliphatic rings. The first-order valence-corrected chi connectivity index (χ1v) is 30.4. The summed E-state index contributed by atoms with van der Waals surface area (Å²) in [6, 6.07) is 65.3. The van der Waals surface area contributed by atoms with Crippen LogP contribution in [0.25, 0.3) is 137 Å². The summed E-state index contributed by atoms with van der Waals surface area (Å²) in [5.74, 6) is 0. The first kappa shape index (κ1) is 56.5. The van der Waals surface area contributed by atoms with Crippen LogP contribution in [0.5, 0.6) is 0 Å². The fourth-order valence-electron chi connectivity index (χ4n) is 13.4. The van der Waals surface area contributed by atoms with E-state index in [1.807, 2.05) is 134 Å². The smallest absolute Gasteiger partial charge is 0.197 e. The molecule has 6 aromatic heterocycles. The van der Waals surface area contributed by atoms with Gasteiger partial charge in [-0.15, -0.1) is 0 Å². The van der Waals surface area contributed by atoms with Gasteiger partial charge in [0, 0.05) is 73.6 Å². The van der Waals surface area contributed by atoms with Gasteiger partial charge in [0.25, 0.3) is 0 Å². The molecule has 89 heavy (non-hydrogen) atoms. The minimum atomic E-state index is -0.105. The molecule has 17 aromatic rings. The van der Waals surface area contributed by atoms with Gasteiger partial charge in [-0.1, -0.05) is 122 Å². The molecule has 0 aliphatic heterocycles. The number of benzene rings is 11. The molecule has 0 radical (unpaired) electrons. The fraction of sp³-hybridized carbons (Fsp3) is 0.0649. The number of nitrogens with zero attached hydrogens (tertiary/aromatic N) is 3. The van der Waals surface area contributed by atoms with Gasteiger partial charge in [0.15, 0.2) is 32.6 Å². The highest BCUT2D eigenvalue weighted by Gasteiger charge is 2.22. The zero-order valence-corrected chi connectivity index (χ0v) is 51.8. The van der Waals surface area contributed by atoms with E-state index in [9.17, 15) is 28.8 Å². The van der Waals surface area contributed by atoms with Crippen LogP contribution in [0.3, 0.4) is 0 Å². The van der Waals surface area contributed by atoms with Crippen molar-refractivity contribution in [1.29, 1.82) is 0 Å². The third-order valence-corrected chi connectivity index (χ3v) is 19.4. The molecular formula is C77H50Br2FN3O6. The van der Waals surface area contributed by atoms with E-state index in [4.69, 9.17) is 0 Å². The summed E-state index contributed by atoms with van der Waals surface area (Å²) in [7, 11) is 0. The molecule has 12 heteroatoms. The standard InChI is InChI=1S/C48H28N2O4.C21H13NO2.C8H8Br2.FH/c1-25-21-36(28-18-20-42-38(24-28)48(54)34-14-8-12-32-44(34)50(42)40-16-6-4-10-30(40)46(32)52)26(2)22-35(25)27-17-19-41-37(23-27)47(53)33-13-7-11-31-43(33)49(41)39-15-5-3-9-29(39)45(31)51;1-12-9-10-18-16(11-12)21(24)15-7-4-6-14-19(15)22(18)17-8-3-2-5-13(17)20(14)23;1-5-3-8(10)6(2)4-7(5)9;/h3-24H,1-2H3;2-11H,1H3;3-4H,1-2H3;1H. The average Bonchev–Trinajstić information content (AvgIpc) is 0.761. The Bertz CT molecular complexity index is 6020. The SMILES string of the molecule is Cc1cc(-c2ccc3c(c2)c(=O)c2cccc4c(=O)c5ccccc5n3c42)c(C)cc1-c1ccc2c(c1)c(=O)c1cccc3c(=O)c4ccccc4n2c31.Cc1cc(Br)c(C)cc1Br.Cc1ccc2c(c1)c(=O)c1cccc3c(=O)c4ccccc4n2c31.F. The lowest BCUT2D eigenvalue weighted by Gasteiger charge is -2.17. The molecule has 17 rings (SSSR count). The van der Waals surface area contributed by atoms with Crippen molar-refractivity contribution in [2.24, 2.45) is 0 Å². The van der Waals surface area contributed by atoms with Gasteiger partial charge in [-0.3, -0.25) is 33.5 Å². The monoisotopic (exact) mass is 1290 g/mol. The Morgan fingerprint density at radius 3 is 0.865 bits per heavy atom. The van der Waals surface area contributed by atoms with Gasteiger partial charge in [0.2, 0.25) is 0 Å². The second-order valence-corrected chi connectivity index (χ2v) is 24.7. The van der Waals surface area contributed by atoms with Crippen molar-refractivity contribution in [2.45, 2.75) is 34.6 Å². The van der Waals surface area contributed by atoms with Crippen LogP contribution in [0.2, 0.25) is 0 Å². The molecule has 0 fully saturated rings. The highest BCUT2D eigenvalue weighted by atomic mass is 79.9. The molecule has 0 unspecified atom stereocenters. The summed E-state index contributed by atoms with van der Waals surface area (Å²) >= 11 is 6.92. The second-order valence-electron chi connectivity index (χ2n) is 23.0. The third-order valence-electron chi connectivity index (χ3n) is 17.7. The van der Waals surface area contributed by atoms with E-state index in [1.54, 1.807) is 54.6 Å². The molecule has 6 heterocycles. The Labute approximate surface area is 521 Å². The number of halogens is 3. The quantitative estimate of drug-likeness (QED) is 0.126. The molecule has 11 aromatic carbocycles. The van der Waals surface area contributed by atoms with Crippen LogP contribution in [-0.4, -0.2) is 13.2 Å². The number of hydrogen-bond acceptors (Lipinski definition) is 6. The normalized spacial score (nSPS) is 11.7. The third kappa shape index (κ3) is 8.60. The largest absolute Gasteiger partial charge is 0.308 e. The van der Waals surface area contributed by atoms with Crippen LogP contribution < -0.4 is 32.6 Å². The second kappa shape index (κ2) is 21.3. The van der Waals surface area contributed by atoms with Gasteiger partial charge < -0.3 is 13.2 Å². The van der Waals surface area contributed by atoms with Gasteiger partial charge in [-0.2, -0.15) is 0 Å². The summed E-state index contributed by atoms with van der Waals surface area (Å²) < 4.78 is 8.51. The number of rotatable bonds is 2. The van der Waals surface area contributed by atoms with Crippen molar-refractivity contribution < 1.29 is 4.70 Å². The molecular weight excluding hydrogens is 1240 g/mol. The van der Waals surface area contributed by atoms with E-state index < -0.39 is 0 Å². The molecule has 9 nitrogen and oxygen atoms in total. The maximum Gasteiger partial charge on any atom is 0.197 e. The maximum absolute atomic E-state index is 14.1. The lowest BCUT2D eigenvalue weighted by Crippen LogP contribution is -2.14. The molecule has 0 saturated carbocycles. The minimum absolute atomic E-state index is 0. The number of aromatic nitrogens is 3. The van der Waals surface area contributed by atoms with Crippen LogP contribution in [0.1, 0.15) is 27.8 Å². The first-order valence-electron chi connectivity index (χ1n) is 28.9. The van der Waals surface area contributed by atoms with Crippen molar-refractivity contribution in [2.75, 3.05) is 0 Å². The van der Waals surface area contributed by atoms with E-state index >= 15 is 0 Å². The molecule has 0 aliphatic carbocycles. The average molecular weight is 1290 g/mol. The lowest BCUT2D eigenvalue weighted by molar-refractivity contribution is 1.11. The summed E-state index contributed by atoms with van der Waals surface area (Å²) in [6.45, 7) is 10.3. The number of fused-ring (bicyclic) bond motifs is 12. The molecule has 0 atom stereocenters. The summed E-state index contributed by atoms with van der Waals surface area (Å²) in [6.07, 6.45) is 0. The highest BCUT2D eigenvalue weighted by molar-refractivity contribution is 9.11. The number of para-hydroxylation sites is 6. The van der Waals surface area contributed by atoms with Crippen LogP contribution in [0.4, 0.5) is 4.70 Å². The van der Waals surface area contributed by atoms with Crippen LogP contribution >= 0.6 is 31.9 Å². The predicted octanol–water partition coefficient (Wildman–Crippen LogP) is 17.2. The van der Waals surface area contributed by atoms with Crippen LogP contribution in [-0.2, 0) is 0 Å². The van der Waals surface area contributed by atoms with Crippen molar-refractivity contribution in [3.8, 4) is 22.3 Å². The fourth-order valence-corrected chi connectivity index (χ4v) is 14.3. The Hall–Kier alpha value is -10.3. The topological polar surface area (TPSA) is 116 Å². The van der Waals surface area contributed by atoms with Gasteiger partial charge in [-0.05, 0) is 200 Å². The number of pyridine rings is 6. The van der Waals surface area contributed by atoms with Gasteiger partial charge in [-0.25, -0.2) is 0 Å². The predicted molar refractivity (Wildman–Crippen MR) is 373 cm³/mol. The van der Waals surface area contributed by atoms with Crippen molar-refractivity contribution in [3.63, 3.8) is 0 Å². The van der Waals surface area contributed by atoms with E-state index in [2.05, 4.69) is 97.0 Å². The highest BCUT2D eigenvalue weighted by Crippen LogP contribution is 2.37. The molecule has 0 amide bonds. The van der Waals surface area contributed by atoms with Gasteiger partial charge in [0.05, 0.1) is 49.7 Å². The number of hydrogen-bond donors (Lipinski definition) is 0. The molecule has 0 saturated heterocycles. The molecule has 0 bridgehead atoms. The zero-order valence-electron chi connectivity index (χ0n) is 48.6. The Balaban J connectivity index is 0.000000162. The van der Waals surface area contributed by atoms with E-state index in [0.717, 1.165) is 72.0 Å². The Morgan fingerprint density at radius 1 is 0.258 bits per heavy atom. The van der Waals surface area contributed by atoms with Crippen molar-refractivity contribution in [1.82, 2.24) is 13.2 Å². The summed E-state index contributed by atoms with van der Waals surface area (Å²) in [5, 5.41) is 7.03. The van der Waals surface area contributed by atoms with E-state index in [-0.39, 0.29) is 37.3 Å². The van der Waals surface area contributed by atoms with Gasteiger partial charge in [0.1, 0.15) is 0 Å². The maximum atomic E-state index is 14.1. The molecule has 0 N–H and O–H groups in total. The lowest BCUT2D eigenvalue weighted by atomic mass is 9.90. The van der Waals surface area contributed by atoms with Crippen molar-refractivity contribution in [3.05, 3.63) is 304 Å². The van der Waals surface area contributed by atoms with E-state index in [1.165, 1.54) is 20.1 Å². The Kier molecular flexibility index (Phi) is 13.5. The molecule has 430 valence electrons. The summed E-state index contributed by atoms with van der Waals surface area (Å²) in [4.78, 5) is 81.0. The number of aryl methyl sites for hydroxylation is 5. The Morgan fingerprint density at radius 2 is 0.528 bits per heavy atom. The first-order chi connectivity index (χ1) is 42.6. The minimum Gasteiger partial charge on any atom is -0.308 e. The van der Waals surface area contributed by atoms with Crippen LogP contribution in [0.15, 0.2) is 244 Å². The zero-order chi connectivity index (χ0) is 60.7. The summed E-state index contributed by atoms with van der Waals surface area (Å²) in [5.41, 5.74) is 15.8. The van der Waals surface area contributed by atoms with Gasteiger partial charge >= 0.3 is 0 Å². The van der Waals surface area contributed by atoms with Crippen LogP contribution in [0, 0.1) is 34.6 Å².